The summed E-state index contributed by atoms with van der Waals surface area (Å²) in [6, 6.07) is 7.60. The molecule has 112 valence electrons. The molecule has 1 aliphatic heterocycles. The summed E-state index contributed by atoms with van der Waals surface area (Å²) in [6.45, 7) is 4.12. The fourth-order valence-corrected chi connectivity index (χ4v) is 3.08. The minimum absolute atomic E-state index is 0.0395. The molecule has 1 saturated heterocycles. The molecule has 1 heterocycles. The second-order valence-corrected chi connectivity index (χ2v) is 5.97. The Labute approximate surface area is 121 Å². The highest BCUT2D eigenvalue weighted by Crippen LogP contribution is 2.30. The molecule has 2 rings (SSSR count). The summed E-state index contributed by atoms with van der Waals surface area (Å²) >= 11 is 0. The van der Waals surface area contributed by atoms with Crippen LogP contribution in [0.25, 0.3) is 0 Å². The third kappa shape index (κ3) is 3.37. The van der Waals surface area contributed by atoms with Gasteiger partial charge in [-0.2, -0.15) is 0 Å². The van der Waals surface area contributed by atoms with Gasteiger partial charge in [-0.25, -0.2) is 4.39 Å². The maximum absolute atomic E-state index is 13.5. The lowest BCUT2D eigenvalue weighted by molar-refractivity contribution is 0.189. The van der Waals surface area contributed by atoms with Crippen LogP contribution in [0.5, 0.6) is 0 Å². The van der Waals surface area contributed by atoms with E-state index in [-0.39, 0.29) is 17.9 Å². The quantitative estimate of drug-likeness (QED) is 0.897. The van der Waals surface area contributed by atoms with Gasteiger partial charge in [0.15, 0.2) is 0 Å². The lowest BCUT2D eigenvalue weighted by Crippen LogP contribution is -2.41. The first-order valence-corrected chi connectivity index (χ1v) is 7.44. The first kappa shape index (κ1) is 15.4. The van der Waals surface area contributed by atoms with Gasteiger partial charge in [-0.3, -0.25) is 4.90 Å². The number of nitrogens with two attached hydrogens (primary N) is 1. The highest BCUT2D eigenvalue weighted by molar-refractivity contribution is 5.22. The molecule has 1 fully saturated rings. The molecule has 3 nitrogen and oxygen atoms in total. The third-order valence-corrected chi connectivity index (χ3v) is 4.39. The van der Waals surface area contributed by atoms with Crippen LogP contribution in [-0.4, -0.2) is 49.1 Å². The summed E-state index contributed by atoms with van der Waals surface area (Å²) in [5.74, 6) is -0.181. The zero-order valence-corrected chi connectivity index (χ0v) is 12.7. The van der Waals surface area contributed by atoms with Gasteiger partial charge in [0.05, 0.1) is 6.04 Å². The van der Waals surface area contributed by atoms with E-state index in [9.17, 15) is 4.39 Å². The van der Waals surface area contributed by atoms with Gasteiger partial charge in [-0.1, -0.05) is 19.1 Å². The van der Waals surface area contributed by atoms with Crippen molar-refractivity contribution in [3.8, 4) is 0 Å². The van der Waals surface area contributed by atoms with Gasteiger partial charge < -0.3 is 10.6 Å². The Hall–Kier alpha value is -0.970. The summed E-state index contributed by atoms with van der Waals surface area (Å²) in [4.78, 5) is 4.67. The van der Waals surface area contributed by atoms with Gasteiger partial charge in [-0.05, 0) is 44.6 Å². The van der Waals surface area contributed by atoms with E-state index in [1.165, 1.54) is 6.07 Å². The van der Waals surface area contributed by atoms with Gasteiger partial charge in [0, 0.05) is 25.2 Å². The van der Waals surface area contributed by atoms with Crippen molar-refractivity contribution in [3.63, 3.8) is 0 Å². The van der Waals surface area contributed by atoms with Crippen LogP contribution in [0.3, 0.4) is 0 Å². The van der Waals surface area contributed by atoms with E-state index >= 15 is 0 Å². The minimum Gasteiger partial charge on any atom is -0.326 e. The summed E-state index contributed by atoms with van der Waals surface area (Å²) in [7, 11) is 4.23. The highest BCUT2D eigenvalue weighted by atomic mass is 19.1. The standard InChI is InChI=1S/C16H26FN3/c1-4-15(18)16(12-6-5-7-13(17)10-12)20-9-8-14(11-20)19(2)3/h5-7,10,14-16H,4,8-9,11,18H2,1-3H3. The van der Waals surface area contributed by atoms with E-state index in [0.717, 1.165) is 31.5 Å². The van der Waals surface area contributed by atoms with Crippen LogP contribution in [-0.2, 0) is 0 Å². The fraction of sp³-hybridized carbons (Fsp3) is 0.625. The van der Waals surface area contributed by atoms with E-state index in [1.807, 2.05) is 6.07 Å². The van der Waals surface area contributed by atoms with E-state index in [2.05, 4.69) is 30.8 Å². The topological polar surface area (TPSA) is 32.5 Å². The number of nitrogens with zero attached hydrogens (tertiary/aromatic N) is 2. The Balaban J connectivity index is 2.21. The Morgan fingerprint density at radius 2 is 2.20 bits per heavy atom. The fourth-order valence-electron chi connectivity index (χ4n) is 3.08. The number of likely N-dealkylation sites (tertiary alicyclic amines) is 1. The number of rotatable bonds is 5. The van der Waals surface area contributed by atoms with Crippen LogP contribution in [0.15, 0.2) is 24.3 Å². The summed E-state index contributed by atoms with van der Waals surface area (Å²) in [6.07, 6.45) is 2.04. The predicted molar refractivity (Wildman–Crippen MR) is 81.1 cm³/mol. The Bertz CT molecular complexity index is 435. The van der Waals surface area contributed by atoms with Crippen LogP contribution >= 0.6 is 0 Å². The first-order valence-electron chi connectivity index (χ1n) is 7.44. The molecule has 0 bridgehead atoms. The van der Waals surface area contributed by atoms with Crippen molar-refractivity contribution in [2.45, 2.75) is 37.9 Å². The number of likely N-dealkylation sites (N-methyl/N-ethyl adjacent to an activating group) is 1. The van der Waals surface area contributed by atoms with Crippen LogP contribution in [0.1, 0.15) is 31.4 Å². The molecule has 0 amide bonds. The second kappa shape index (κ2) is 6.66. The third-order valence-electron chi connectivity index (χ3n) is 4.39. The predicted octanol–water partition coefficient (Wildman–Crippen LogP) is 2.24. The van der Waals surface area contributed by atoms with Crippen molar-refractivity contribution in [1.29, 1.82) is 0 Å². The molecule has 0 aliphatic carbocycles. The summed E-state index contributed by atoms with van der Waals surface area (Å²) < 4.78 is 13.5. The van der Waals surface area contributed by atoms with Crippen LogP contribution < -0.4 is 5.73 Å². The number of halogens is 1. The average Bonchev–Trinajstić information content (AvgIpc) is 2.88. The molecule has 0 saturated carbocycles. The van der Waals surface area contributed by atoms with Gasteiger partial charge >= 0.3 is 0 Å². The Morgan fingerprint density at radius 1 is 1.45 bits per heavy atom. The number of hydrogen-bond donors (Lipinski definition) is 1. The molecule has 1 aromatic rings. The van der Waals surface area contributed by atoms with Crippen molar-refractivity contribution in [3.05, 3.63) is 35.6 Å². The largest absolute Gasteiger partial charge is 0.326 e. The van der Waals surface area contributed by atoms with Crippen molar-refractivity contribution < 1.29 is 4.39 Å². The van der Waals surface area contributed by atoms with Gasteiger partial charge in [0.1, 0.15) is 5.82 Å². The molecule has 3 unspecified atom stereocenters. The minimum atomic E-state index is -0.181. The summed E-state index contributed by atoms with van der Waals surface area (Å²) in [5, 5.41) is 0. The Kier molecular flexibility index (Phi) is 5.13. The molecular weight excluding hydrogens is 253 g/mol. The highest BCUT2D eigenvalue weighted by Gasteiger charge is 2.32. The van der Waals surface area contributed by atoms with Crippen molar-refractivity contribution in [2.24, 2.45) is 5.73 Å². The van der Waals surface area contributed by atoms with Crippen molar-refractivity contribution >= 4 is 0 Å². The van der Waals surface area contributed by atoms with E-state index in [0.29, 0.717) is 6.04 Å². The maximum Gasteiger partial charge on any atom is 0.123 e. The van der Waals surface area contributed by atoms with Crippen LogP contribution in [0.4, 0.5) is 4.39 Å². The normalized spacial score (nSPS) is 23.2. The summed E-state index contributed by atoms with van der Waals surface area (Å²) in [5.41, 5.74) is 7.32. The zero-order chi connectivity index (χ0) is 14.7. The molecule has 2 N–H and O–H groups in total. The van der Waals surface area contributed by atoms with E-state index in [1.54, 1.807) is 12.1 Å². The first-order chi connectivity index (χ1) is 9.52. The molecule has 1 aliphatic rings. The second-order valence-electron chi connectivity index (χ2n) is 5.97. The molecule has 4 heteroatoms. The smallest absolute Gasteiger partial charge is 0.123 e. The van der Waals surface area contributed by atoms with Gasteiger partial charge in [-0.15, -0.1) is 0 Å². The van der Waals surface area contributed by atoms with Crippen molar-refractivity contribution in [1.82, 2.24) is 9.80 Å². The lowest BCUT2D eigenvalue weighted by Gasteiger charge is -2.33. The lowest BCUT2D eigenvalue weighted by atomic mass is 9.96. The van der Waals surface area contributed by atoms with Gasteiger partial charge in [0.2, 0.25) is 0 Å². The zero-order valence-electron chi connectivity index (χ0n) is 12.7. The van der Waals surface area contributed by atoms with Gasteiger partial charge in [0.25, 0.3) is 0 Å². The van der Waals surface area contributed by atoms with Crippen LogP contribution in [0, 0.1) is 5.82 Å². The van der Waals surface area contributed by atoms with Crippen LogP contribution in [0.2, 0.25) is 0 Å². The molecule has 20 heavy (non-hydrogen) atoms. The molecule has 0 radical (unpaired) electrons. The number of benzene rings is 1. The monoisotopic (exact) mass is 279 g/mol. The Morgan fingerprint density at radius 3 is 2.75 bits per heavy atom. The molecule has 0 aromatic heterocycles. The molecular formula is C16H26FN3. The SMILES string of the molecule is CCC(N)C(c1cccc(F)c1)N1CCC(N(C)C)C1. The molecule has 3 atom stereocenters. The van der Waals surface area contributed by atoms with E-state index < -0.39 is 0 Å². The average molecular weight is 279 g/mol. The molecule has 1 aromatic carbocycles. The van der Waals surface area contributed by atoms with E-state index in [4.69, 9.17) is 5.73 Å². The molecule has 0 spiro atoms. The van der Waals surface area contributed by atoms with Crippen molar-refractivity contribution in [2.75, 3.05) is 27.2 Å². The maximum atomic E-state index is 13.5. The number of hydrogen-bond acceptors (Lipinski definition) is 3.